The molecule has 0 unspecified atom stereocenters. The maximum atomic E-state index is 14.0. The highest BCUT2D eigenvalue weighted by molar-refractivity contribution is 8.00. The maximum Gasteiger partial charge on any atom is 0.305 e. The van der Waals surface area contributed by atoms with Gasteiger partial charge in [0.05, 0.1) is 27.5 Å². The number of nitrogens with one attached hydrogen (secondary N) is 2. The summed E-state index contributed by atoms with van der Waals surface area (Å²) in [5.41, 5.74) is 1.84. The fourth-order valence-electron chi connectivity index (χ4n) is 8.84. The molecule has 3 heterocycles. The number of hydrogen-bond donors (Lipinski definition) is 2. The summed E-state index contributed by atoms with van der Waals surface area (Å²) >= 11 is 2.77. The largest absolute Gasteiger partial charge is 0.484 e. The van der Waals surface area contributed by atoms with Crippen molar-refractivity contribution in [1.82, 2.24) is 4.98 Å². The van der Waals surface area contributed by atoms with Gasteiger partial charge in [-0.3, -0.25) is 34.2 Å². The van der Waals surface area contributed by atoms with E-state index in [4.69, 9.17) is 4.74 Å². The van der Waals surface area contributed by atoms with E-state index < -0.39 is 16.8 Å². The van der Waals surface area contributed by atoms with Gasteiger partial charge in [-0.2, -0.15) is 0 Å². The fourth-order valence-corrected chi connectivity index (χ4v) is 11.7. The van der Waals surface area contributed by atoms with Crippen LogP contribution in [0.1, 0.15) is 22.8 Å². The van der Waals surface area contributed by atoms with Crippen LogP contribution in [-0.2, 0) is 14.4 Å². The van der Waals surface area contributed by atoms with Crippen LogP contribution in [0.25, 0.3) is 10.8 Å². The second-order valence-electron chi connectivity index (χ2n) is 13.2. The number of non-ortho nitro benzene ring substituents is 1. The minimum absolute atomic E-state index is 0.00592. The van der Waals surface area contributed by atoms with Crippen LogP contribution < -0.4 is 19.8 Å². The number of H-pyrrole nitrogens is 1. The summed E-state index contributed by atoms with van der Waals surface area (Å²) in [4.78, 5) is 69.3. The van der Waals surface area contributed by atoms with E-state index in [9.17, 15) is 29.3 Å². The Bertz CT molecular complexity index is 2300. The lowest BCUT2D eigenvalue weighted by atomic mass is 9.68. The van der Waals surface area contributed by atoms with E-state index in [1.165, 1.54) is 40.5 Å². The minimum Gasteiger partial charge on any atom is -0.484 e. The van der Waals surface area contributed by atoms with Gasteiger partial charge in [0.25, 0.3) is 11.6 Å². The van der Waals surface area contributed by atoms with Crippen molar-refractivity contribution in [3.63, 3.8) is 0 Å². The Kier molecular flexibility index (Phi) is 7.18. The molecule has 250 valence electrons. The lowest BCUT2D eigenvalue weighted by Gasteiger charge is -2.43. The van der Waals surface area contributed by atoms with Crippen LogP contribution in [0.2, 0.25) is 0 Å². The molecule has 3 fully saturated rings. The Labute approximate surface area is 292 Å². The van der Waals surface area contributed by atoms with Gasteiger partial charge in [0.1, 0.15) is 5.75 Å². The van der Waals surface area contributed by atoms with Gasteiger partial charge in [0.2, 0.25) is 11.8 Å². The molecule has 0 radical (unpaired) electrons. The van der Waals surface area contributed by atoms with Crippen molar-refractivity contribution in [2.45, 2.75) is 22.6 Å². The number of nitro groups is 1. The molecule has 2 bridgehead atoms. The molecule has 1 aromatic heterocycles. The molecule has 11 nitrogen and oxygen atoms in total. The van der Waals surface area contributed by atoms with Gasteiger partial charge in [0.15, 0.2) is 6.61 Å². The van der Waals surface area contributed by atoms with Crippen LogP contribution in [0.5, 0.6) is 5.75 Å². The Morgan fingerprint density at radius 3 is 2.48 bits per heavy atom. The molecule has 4 aliphatic rings. The molecule has 50 heavy (non-hydrogen) atoms. The first kappa shape index (κ1) is 30.8. The normalized spacial score (nSPS) is 26.1. The van der Waals surface area contributed by atoms with Gasteiger partial charge >= 0.3 is 4.87 Å². The van der Waals surface area contributed by atoms with Crippen molar-refractivity contribution in [1.29, 1.82) is 0 Å². The molecule has 4 aromatic carbocycles. The Hall–Kier alpha value is -5.27. The minimum atomic E-state index is -0.515. The van der Waals surface area contributed by atoms with Crippen molar-refractivity contribution in [3.8, 4) is 5.75 Å². The molecule has 5 aromatic rings. The molecule has 2 N–H and O–H groups in total. The Balaban J connectivity index is 0.992. The smallest absolute Gasteiger partial charge is 0.305 e. The first-order valence-corrected chi connectivity index (χ1v) is 18.0. The lowest BCUT2D eigenvalue weighted by molar-refractivity contribution is -0.384. The van der Waals surface area contributed by atoms with E-state index in [0.29, 0.717) is 17.1 Å². The SMILES string of the molecule is O=C(COc1cccc([C@@H]2c3sc(=O)[nH]c3S[C@@H]3[C@@H]4C[C@@H]([C@@H]5C(=O)N(c6ccc([N+](=O)[O-])cc6)C(=O)[C@@H]45)[C@H]23)c1)Nc1cccc2ccccc12. The van der Waals surface area contributed by atoms with Crippen molar-refractivity contribution in [2.75, 3.05) is 16.8 Å². The molecule has 7 atom stereocenters. The quantitative estimate of drug-likeness (QED) is 0.116. The zero-order valence-electron chi connectivity index (χ0n) is 26.2. The number of imide groups is 1. The number of thioether (sulfide) groups is 1. The summed E-state index contributed by atoms with van der Waals surface area (Å²) in [7, 11) is 0. The van der Waals surface area contributed by atoms with Crippen LogP contribution in [0.3, 0.4) is 0 Å². The molecular weight excluding hydrogens is 677 g/mol. The first-order chi connectivity index (χ1) is 24.3. The highest BCUT2D eigenvalue weighted by Crippen LogP contribution is 2.68. The number of nitro benzene ring substituents is 1. The van der Waals surface area contributed by atoms with Gasteiger partial charge in [-0.25, -0.2) is 0 Å². The Morgan fingerprint density at radius 1 is 0.940 bits per heavy atom. The van der Waals surface area contributed by atoms with Crippen LogP contribution in [-0.4, -0.2) is 39.5 Å². The Morgan fingerprint density at radius 2 is 1.68 bits per heavy atom. The number of aromatic amines is 1. The predicted molar refractivity (Wildman–Crippen MR) is 189 cm³/mol. The first-order valence-electron chi connectivity index (χ1n) is 16.3. The topological polar surface area (TPSA) is 152 Å². The molecule has 13 heteroatoms. The fraction of sp³-hybridized carbons (Fsp3) is 0.243. The van der Waals surface area contributed by atoms with Crippen molar-refractivity contribution >= 4 is 68.7 Å². The van der Waals surface area contributed by atoms with Crippen LogP contribution in [0.4, 0.5) is 17.1 Å². The van der Waals surface area contributed by atoms with Gasteiger partial charge in [-0.1, -0.05) is 59.9 Å². The highest BCUT2D eigenvalue weighted by atomic mass is 32.2. The maximum absolute atomic E-state index is 14.0. The van der Waals surface area contributed by atoms with Crippen LogP contribution in [0.15, 0.2) is 101 Å². The lowest BCUT2D eigenvalue weighted by Crippen LogP contribution is -2.42. The zero-order valence-corrected chi connectivity index (χ0v) is 27.8. The number of ether oxygens (including phenoxy) is 1. The van der Waals surface area contributed by atoms with E-state index in [0.717, 1.165) is 32.7 Å². The van der Waals surface area contributed by atoms with E-state index in [2.05, 4.69) is 10.3 Å². The third-order valence-corrected chi connectivity index (χ3v) is 13.3. The third-order valence-electron chi connectivity index (χ3n) is 10.7. The standard InChI is InChI=1S/C37H28N4O7S2/c42-27(38-26-10-4-6-18-5-1-2-9-23(18)26)17-48-22-8-3-7-19(15-22)28-29-24-16-25(32(29)49-34-33(28)50-37(45)39-34)31-30(24)35(43)40(36(31)44)20-11-13-21(14-12-20)41(46)47/h1-15,24-25,28-32H,16-17H2,(H,38,42)(H,39,45)/t24-,25-,28+,29-,30+,31+,32-/m1/s1. The number of anilines is 2. The number of nitrogens with zero attached hydrogens (tertiary/aromatic N) is 2. The summed E-state index contributed by atoms with van der Waals surface area (Å²) in [5, 5.41) is 16.9. The summed E-state index contributed by atoms with van der Waals surface area (Å²) < 4.78 is 6.01. The van der Waals surface area contributed by atoms with E-state index in [1.54, 1.807) is 17.8 Å². The van der Waals surface area contributed by atoms with Gasteiger partial charge in [-0.15, -0.1) is 11.8 Å². The number of thiazole rings is 1. The molecule has 0 spiro atoms. The molecule has 2 aliphatic carbocycles. The monoisotopic (exact) mass is 704 g/mol. The second kappa shape index (κ2) is 11.7. The highest BCUT2D eigenvalue weighted by Gasteiger charge is 2.69. The van der Waals surface area contributed by atoms with Crippen molar-refractivity contribution < 1.29 is 24.0 Å². The van der Waals surface area contributed by atoms with Crippen molar-refractivity contribution in [3.05, 3.63) is 121 Å². The number of rotatable bonds is 7. The molecular formula is C37H28N4O7S2. The van der Waals surface area contributed by atoms with E-state index in [1.807, 2.05) is 60.7 Å². The number of benzene rings is 4. The average molecular weight is 705 g/mol. The molecule has 1 saturated heterocycles. The zero-order chi connectivity index (χ0) is 34.3. The number of fused-ring (bicyclic) bond motifs is 10. The summed E-state index contributed by atoms with van der Waals surface area (Å²) in [6.45, 7) is -0.203. The summed E-state index contributed by atoms with van der Waals surface area (Å²) in [6.07, 6.45) is 0.726. The average Bonchev–Trinajstić information content (AvgIpc) is 3.86. The van der Waals surface area contributed by atoms with Crippen LogP contribution in [0, 0.1) is 39.7 Å². The number of amides is 3. The predicted octanol–water partition coefficient (Wildman–Crippen LogP) is 6.19. The van der Waals surface area contributed by atoms with Crippen molar-refractivity contribution in [2.24, 2.45) is 29.6 Å². The molecule has 9 rings (SSSR count). The van der Waals surface area contributed by atoms with Gasteiger partial charge in [-0.05, 0) is 65.5 Å². The second-order valence-corrected chi connectivity index (χ2v) is 15.4. The third kappa shape index (κ3) is 4.78. The number of aromatic nitrogens is 1. The molecule has 2 saturated carbocycles. The number of hydrogen-bond acceptors (Lipinski definition) is 9. The number of carbonyl (C=O) groups is 3. The number of carbonyl (C=O) groups excluding carboxylic acids is 3. The summed E-state index contributed by atoms with van der Waals surface area (Å²) in [6, 6.07) is 26.6. The van der Waals surface area contributed by atoms with E-state index in [-0.39, 0.29) is 63.8 Å². The van der Waals surface area contributed by atoms with E-state index >= 15 is 0 Å². The molecule has 3 amide bonds. The molecule has 2 aliphatic heterocycles. The van der Waals surface area contributed by atoms with Crippen LogP contribution >= 0.6 is 23.1 Å². The summed E-state index contributed by atoms with van der Waals surface area (Å²) in [5.74, 6) is -1.75. The van der Waals surface area contributed by atoms with Gasteiger partial charge < -0.3 is 15.0 Å². The van der Waals surface area contributed by atoms with Gasteiger partial charge in [0, 0.05) is 39.3 Å².